The van der Waals surface area contributed by atoms with Crippen LogP contribution >= 0.6 is 23.2 Å². The maximum atomic E-state index is 14.3. The maximum absolute atomic E-state index is 14.3. The van der Waals surface area contributed by atoms with Crippen molar-refractivity contribution in [2.24, 2.45) is 0 Å². The molecule has 0 aliphatic carbocycles. The molecule has 0 fully saturated rings. The van der Waals surface area contributed by atoms with Gasteiger partial charge in [0.2, 0.25) is 0 Å². The largest absolute Gasteiger partial charge is 0.460 e. The van der Waals surface area contributed by atoms with Gasteiger partial charge in [0, 0.05) is 0 Å². The minimum Gasteiger partial charge on any atom is -0.442 e. The summed E-state index contributed by atoms with van der Waals surface area (Å²) in [5.41, 5.74) is 0. The molecule has 2 unspecified atom stereocenters. The summed E-state index contributed by atoms with van der Waals surface area (Å²) in [7, 11) is 0. The van der Waals surface area contributed by atoms with Crippen LogP contribution in [0.5, 0.6) is 5.75 Å². The molecular weight excluding hydrogens is 640 g/mol. The molecule has 0 radical (unpaired) electrons. The topological polar surface area (TPSA) is 9.23 Å². The third kappa shape index (κ3) is 4.46. The van der Waals surface area contributed by atoms with Crippen LogP contribution in [0.3, 0.4) is 0 Å². The SMILES string of the molecule is FC(F)(F)C(F)(F)C(F)(F)C(F)(F)C(F)(F)C(F)(F)C(F)(F)C(F)(F)C(F)(Cl)C(F)(Cl)Oc1ccccc1. The first-order valence-electron chi connectivity index (χ1n) is 8.54. The van der Waals surface area contributed by atoms with Crippen molar-refractivity contribution in [2.75, 3.05) is 0 Å². The Kier molecular flexibility index (Phi) is 8.26. The van der Waals surface area contributed by atoms with Crippen molar-refractivity contribution >= 4 is 23.2 Å². The Morgan fingerprint density at radius 1 is 0.421 bits per heavy atom. The molecule has 0 N–H and O–H groups in total. The summed E-state index contributed by atoms with van der Waals surface area (Å²) in [5, 5.41) is -12.4. The second-order valence-corrected chi connectivity index (χ2v) is 8.03. The number of ether oxygens (including phenoxy) is 1. The minimum atomic E-state index is -9.01. The van der Waals surface area contributed by atoms with Gasteiger partial charge in [-0.1, -0.05) is 29.8 Å². The van der Waals surface area contributed by atoms with Gasteiger partial charge in [-0.3, -0.25) is 0 Å². The molecule has 0 amide bonds. The van der Waals surface area contributed by atoms with Crippen molar-refractivity contribution in [3.05, 3.63) is 30.3 Å². The fourth-order valence-electron chi connectivity index (χ4n) is 2.24. The Balaban J connectivity index is 3.72. The molecule has 0 spiro atoms. The average Bonchev–Trinajstić information content (AvgIpc) is 2.72. The number of halogens is 21. The van der Waals surface area contributed by atoms with Gasteiger partial charge >= 0.3 is 58.1 Å². The number of rotatable bonds is 10. The summed E-state index contributed by atoms with van der Waals surface area (Å²) in [6, 6.07) is 3.64. The predicted octanol–water partition coefficient (Wildman–Crippen LogP) is 8.84. The molecule has 0 aliphatic heterocycles. The number of hydrogen-bond acceptors (Lipinski definition) is 1. The summed E-state index contributed by atoms with van der Waals surface area (Å²) in [6.07, 6.45) is -7.94. The number of alkyl halides is 21. The molecule has 1 nitrogen and oxygen atoms in total. The smallest absolute Gasteiger partial charge is 0.442 e. The maximum Gasteiger partial charge on any atom is 0.460 e. The lowest BCUT2D eigenvalue weighted by atomic mass is 9.87. The first-order chi connectivity index (χ1) is 16.3. The van der Waals surface area contributed by atoms with E-state index in [0.717, 1.165) is 18.2 Å². The van der Waals surface area contributed by atoms with E-state index in [0.29, 0.717) is 12.1 Å². The lowest BCUT2D eigenvalue weighted by molar-refractivity contribution is -0.465. The normalized spacial score (nSPS) is 18.6. The van der Waals surface area contributed by atoms with E-state index < -0.39 is 63.8 Å². The molecule has 222 valence electrons. The molecule has 0 heterocycles. The van der Waals surface area contributed by atoms with Gasteiger partial charge in [0.1, 0.15) is 5.75 Å². The lowest BCUT2D eigenvalue weighted by Crippen LogP contribution is -2.76. The van der Waals surface area contributed by atoms with Crippen molar-refractivity contribution in [3.63, 3.8) is 0 Å². The van der Waals surface area contributed by atoms with Gasteiger partial charge in [-0.2, -0.15) is 79.0 Å². The van der Waals surface area contributed by atoms with Crippen LogP contribution < -0.4 is 4.74 Å². The van der Waals surface area contributed by atoms with Crippen LogP contribution in [-0.4, -0.2) is 58.1 Å². The highest BCUT2D eigenvalue weighted by molar-refractivity contribution is 6.33. The van der Waals surface area contributed by atoms with Gasteiger partial charge in [-0.25, -0.2) is 4.39 Å². The van der Waals surface area contributed by atoms with Crippen molar-refractivity contribution in [1.82, 2.24) is 0 Å². The molecule has 0 saturated carbocycles. The molecule has 1 rings (SSSR count). The van der Waals surface area contributed by atoms with E-state index >= 15 is 0 Å². The van der Waals surface area contributed by atoms with E-state index in [1.54, 1.807) is 0 Å². The molecule has 1 aromatic carbocycles. The molecule has 38 heavy (non-hydrogen) atoms. The molecule has 1 aromatic rings. The third-order valence-electron chi connectivity index (χ3n) is 4.47. The Labute approximate surface area is 206 Å². The van der Waals surface area contributed by atoms with Crippen molar-refractivity contribution in [1.29, 1.82) is 0 Å². The Morgan fingerprint density at radius 3 is 1.03 bits per heavy atom. The fourth-order valence-corrected chi connectivity index (χ4v) is 2.61. The minimum absolute atomic E-state index is 0.478. The number of benzene rings is 1. The first kappa shape index (κ1) is 34.3. The number of para-hydroxylation sites is 1. The second-order valence-electron chi connectivity index (χ2n) is 7.02. The lowest BCUT2D eigenvalue weighted by Gasteiger charge is -2.45. The summed E-state index contributed by atoms with van der Waals surface area (Å²) < 4.78 is 258. The molecule has 2 atom stereocenters. The molecule has 0 aliphatic rings. The van der Waals surface area contributed by atoms with Gasteiger partial charge in [-0.15, -0.1) is 0 Å². The highest BCUT2D eigenvalue weighted by Gasteiger charge is 2.97. The van der Waals surface area contributed by atoms with Gasteiger partial charge in [-0.05, 0) is 23.7 Å². The standard InChI is InChI=1S/C16H5Cl2F19O/c17-7(19,15(18,34)38-6-4-2-1-3-5-6)8(20,21)9(22,23)10(24,25)11(26,27)12(28,29)13(30,31)14(32,33)16(35,36)37/h1-5H. The predicted molar refractivity (Wildman–Crippen MR) is 87.1 cm³/mol. The van der Waals surface area contributed by atoms with E-state index in [-0.39, 0.29) is 0 Å². The van der Waals surface area contributed by atoms with Gasteiger partial charge in [0.15, 0.2) is 0 Å². The average molecular weight is 645 g/mol. The third-order valence-corrected chi connectivity index (χ3v) is 5.39. The van der Waals surface area contributed by atoms with Crippen LogP contribution in [0.1, 0.15) is 0 Å². The van der Waals surface area contributed by atoms with Crippen molar-refractivity contribution < 1.29 is 88.2 Å². The van der Waals surface area contributed by atoms with E-state index in [1.165, 1.54) is 0 Å². The zero-order chi connectivity index (χ0) is 30.8. The summed E-state index contributed by atoms with van der Waals surface area (Å²) in [4.78, 5) is 0. The van der Waals surface area contributed by atoms with E-state index in [9.17, 15) is 83.4 Å². The Morgan fingerprint density at radius 2 is 0.711 bits per heavy atom. The van der Waals surface area contributed by atoms with Gasteiger partial charge in [0.25, 0.3) is 0 Å². The highest BCUT2D eigenvalue weighted by Crippen LogP contribution is 2.66. The Bertz CT molecular complexity index is 986. The van der Waals surface area contributed by atoms with Crippen molar-refractivity contribution in [3.8, 4) is 5.75 Å². The van der Waals surface area contributed by atoms with E-state index in [1.807, 2.05) is 0 Å². The van der Waals surface area contributed by atoms with E-state index in [4.69, 9.17) is 0 Å². The van der Waals surface area contributed by atoms with Crippen molar-refractivity contribution in [2.45, 2.75) is 58.1 Å². The second kappa shape index (κ2) is 9.15. The quantitative estimate of drug-likeness (QED) is 0.183. The monoisotopic (exact) mass is 644 g/mol. The van der Waals surface area contributed by atoms with Crippen LogP contribution in [0.4, 0.5) is 83.4 Å². The molecule has 0 aromatic heterocycles. The van der Waals surface area contributed by atoms with Crippen LogP contribution in [0, 0.1) is 0 Å². The van der Waals surface area contributed by atoms with Crippen LogP contribution in [0.15, 0.2) is 30.3 Å². The van der Waals surface area contributed by atoms with Crippen LogP contribution in [0.25, 0.3) is 0 Å². The fraction of sp³-hybridized carbons (Fsp3) is 0.625. The molecule has 0 bridgehead atoms. The summed E-state index contributed by atoms with van der Waals surface area (Å²) in [6.45, 7) is 0. The molecule has 22 heteroatoms. The molecular formula is C16H5Cl2F19O. The van der Waals surface area contributed by atoms with Gasteiger partial charge in [0.05, 0.1) is 0 Å². The first-order valence-corrected chi connectivity index (χ1v) is 9.29. The zero-order valence-corrected chi connectivity index (χ0v) is 18.2. The summed E-state index contributed by atoms with van der Waals surface area (Å²) >= 11 is 8.59. The molecule has 0 saturated heterocycles. The zero-order valence-electron chi connectivity index (χ0n) is 16.7. The highest BCUT2D eigenvalue weighted by atomic mass is 35.5. The van der Waals surface area contributed by atoms with Crippen LogP contribution in [-0.2, 0) is 0 Å². The summed E-state index contributed by atoms with van der Waals surface area (Å²) in [5.74, 6) is -61.9. The van der Waals surface area contributed by atoms with Crippen LogP contribution in [0.2, 0.25) is 0 Å². The van der Waals surface area contributed by atoms with Gasteiger partial charge < -0.3 is 4.74 Å². The van der Waals surface area contributed by atoms with E-state index in [2.05, 4.69) is 27.9 Å². The Hall–Kier alpha value is -1.73. The number of hydrogen-bond donors (Lipinski definition) is 0.